The third-order valence-corrected chi connectivity index (χ3v) is 7.22. The van der Waals surface area contributed by atoms with Gasteiger partial charge in [-0.25, -0.2) is 4.98 Å². The molecule has 3 aromatic carbocycles. The van der Waals surface area contributed by atoms with E-state index in [1.54, 1.807) is 7.11 Å². The Bertz CT molecular complexity index is 1400. The summed E-state index contributed by atoms with van der Waals surface area (Å²) < 4.78 is 7.51. The zero-order chi connectivity index (χ0) is 24.4. The summed E-state index contributed by atoms with van der Waals surface area (Å²) in [5.74, 6) is 1.77. The molecular weight excluding hydrogens is 458 g/mol. The molecule has 1 fully saturated rings. The number of rotatable bonds is 6. The van der Waals surface area contributed by atoms with Gasteiger partial charge in [0, 0.05) is 18.1 Å². The highest BCUT2D eigenvalue weighted by Gasteiger charge is 2.23. The minimum Gasteiger partial charge on any atom is -0.496 e. The first kappa shape index (κ1) is 23.6. The summed E-state index contributed by atoms with van der Waals surface area (Å²) in [5, 5.41) is 1.31. The first-order valence-corrected chi connectivity index (χ1v) is 12.6. The van der Waals surface area contributed by atoms with Gasteiger partial charge < -0.3 is 9.64 Å². The molecule has 1 atom stereocenters. The largest absolute Gasteiger partial charge is 0.496 e. The molecule has 0 aliphatic carbocycles. The van der Waals surface area contributed by atoms with Gasteiger partial charge in [-0.15, -0.1) is 0 Å². The summed E-state index contributed by atoms with van der Waals surface area (Å²) in [4.78, 5) is 21.5. The number of ether oxygens (including phenoxy) is 1. The first-order valence-electron chi connectivity index (χ1n) is 12.2. The maximum atomic E-state index is 14.0. The molecule has 5 nitrogen and oxygen atoms in total. The normalized spacial score (nSPS) is 16.5. The Morgan fingerprint density at radius 2 is 1.83 bits per heavy atom. The molecule has 35 heavy (non-hydrogen) atoms. The van der Waals surface area contributed by atoms with Crippen LogP contribution in [-0.4, -0.2) is 41.2 Å². The second-order valence-corrected chi connectivity index (χ2v) is 9.63. The van der Waals surface area contributed by atoms with Crippen LogP contribution in [0.5, 0.6) is 5.75 Å². The number of methoxy groups -OCH3 is 1. The number of hydrogen-bond acceptors (Lipinski definition) is 4. The van der Waals surface area contributed by atoms with Crippen molar-refractivity contribution in [3.8, 4) is 28.3 Å². The van der Waals surface area contributed by atoms with Gasteiger partial charge in [0.25, 0.3) is 5.56 Å². The fourth-order valence-corrected chi connectivity index (χ4v) is 5.22. The molecule has 0 bridgehead atoms. The highest BCUT2D eigenvalue weighted by atomic mass is 35.5. The Morgan fingerprint density at radius 3 is 2.60 bits per heavy atom. The second-order valence-electron chi connectivity index (χ2n) is 9.19. The zero-order valence-electron chi connectivity index (χ0n) is 20.2. The van der Waals surface area contributed by atoms with Gasteiger partial charge in [-0.2, -0.15) is 0 Å². The van der Waals surface area contributed by atoms with Gasteiger partial charge >= 0.3 is 0 Å². The van der Waals surface area contributed by atoms with Crippen LogP contribution in [0.3, 0.4) is 0 Å². The second kappa shape index (κ2) is 10.2. The number of halogens is 1. The lowest BCUT2D eigenvalue weighted by atomic mass is 9.97. The average Bonchev–Trinajstić information content (AvgIpc) is 2.90. The SMILES string of the molecule is CCN1CCCC(Cn2c(-c3ccccc3OC)nc3ccc(-c4ccc(Cl)cc4)cc3c2=O)C1. The monoisotopic (exact) mass is 487 g/mol. The molecule has 5 rings (SSSR count). The van der Waals surface area contributed by atoms with E-state index >= 15 is 0 Å². The van der Waals surface area contributed by atoms with Gasteiger partial charge in [0.2, 0.25) is 0 Å². The third kappa shape index (κ3) is 4.84. The molecule has 0 saturated carbocycles. The van der Waals surface area contributed by atoms with Gasteiger partial charge in [0.1, 0.15) is 11.6 Å². The van der Waals surface area contributed by atoms with Gasteiger partial charge in [-0.3, -0.25) is 9.36 Å². The number of nitrogens with zero attached hydrogens (tertiary/aromatic N) is 3. The van der Waals surface area contributed by atoms with Crippen LogP contribution in [-0.2, 0) is 6.54 Å². The van der Waals surface area contributed by atoms with Crippen LogP contribution in [0, 0.1) is 5.92 Å². The molecule has 1 aliphatic heterocycles. The fourth-order valence-electron chi connectivity index (χ4n) is 5.09. The third-order valence-electron chi connectivity index (χ3n) is 6.97. The van der Waals surface area contributed by atoms with E-state index in [2.05, 4.69) is 11.8 Å². The maximum absolute atomic E-state index is 14.0. The molecule has 4 aromatic rings. The molecule has 0 N–H and O–H groups in total. The van der Waals surface area contributed by atoms with Crippen LogP contribution in [0.2, 0.25) is 5.02 Å². The lowest BCUT2D eigenvalue weighted by Crippen LogP contribution is -2.38. The lowest BCUT2D eigenvalue weighted by molar-refractivity contribution is 0.169. The molecule has 6 heteroatoms. The van der Waals surface area contributed by atoms with Crippen molar-refractivity contribution in [2.24, 2.45) is 5.92 Å². The van der Waals surface area contributed by atoms with Crippen molar-refractivity contribution >= 4 is 22.5 Å². The van der Waals surface area contributed by atoms with E-state index in [1.165, 1.54) is 0 Å². The molecule has 0 spiro atoms. The van der Waals surface area contributed by atoms with E-state index < -0.39 is 0 Å². The minimum atomic E-state index is -0.0136. The summed E-state index contributed by atoms with van der Waals surface area (Å²) >= 11 is 6.08. The zero-order valence-corrected chi connectivity index (χ0v) is 21.0. The van der Waals surface area contributed by atoms with Crippen molar-refractivity contribution in [2.45, 2.75) is 26.3 Å². The van der Waals surface area contributed by atoms with E-state index in [9.17, 15) is 4.79 Å². The van der Waals surface area contributed by atoms with Crippen molar-refractivity contribution in [2.75, 3.05) is 26.7 Å². The summed E-state index contributed by atoms with van der Waals surface area (Å²) in [5.41, 5.74) is 3.49. The van der Waals surface area contributed by atoms with Gasteiger partial charge in [-0.05, 0) is 79.4 Å². The molecule has 0 radical (unpaired) electrons. The number of fused-ring (bicyclic) bond motifs is 1. The Labute approximate surface area is 210 Å². The number of piperidine rings is 1. The fraction of sp³-hybridized carbons (Fsp3) is 0.310. The Morgan fingerprint density at radius 1 is 1.06 bits per heavy atom. The predicted octanol–water partition coefficient (Wildman–Crippen LogP) is 6.12. The van der Waals surface area contributed by atoms with Crippen LogP contribution >= 0.6 is 11.6 Å². The summed E-state index contributed by atoms with van der Waals surface area (Å²) in [6.07, 6.45) is 2.26. The van der Waals surface area contributed by atoms with E-state index in [0.717, 1.165) is 49.2 Å². The molecule has 1 aliphatic rings. The van der Waals surface area contributed by atoms with Crippen LogP contribution in [0.4, 0.5) is 0 Å². The van der Waals surface area contributed by atoms with Crippen LogP contribution in [0.25, 0.3) is 33.4 Å². The van der Waals surface area contributed by atoms with Crippen molar-refractivity contribution in [1.82, 2.24) is 14.5 Å². The van der Waals surface area contributed by atoms with Crippen molar-refractivity contribution in [3.63, 3.8) is 0 Å². The standard InChI is InChI=1S/C29H30ClN3O2/c1-3-32-16-6-7-20(18-32)19-33-28(24-8-4-5-9-27(24)35-2)31-26-15-12-22(17-25(26)29(33)34)21-10-13-23(30)14-11-21/h4-5,8-15,17,20H,3,6-7,16,18-19H2,1-2H3. The smallest absolute Gasteiger partial charge is 0.261 e. The highest BCUT2D eigenvalue weighted by molar-refractivity contribution is 6.30. The molecule has 0 amide bonds. The summed E-state index contributed by atoms with van der Waals surface area (Å²) in [6, 6.07) is 21.4. The van der Waals surface area contributed by atoms with Crippen LogP contribution < -0.4 is 10.3 Å². The first-order chi connectivity index (χ1) is 17.1. The molecule has 1 aromatic heterocycles. The number of hydrogen-bond donors (Lipinski definition) is 0. The maximum Gasteiger partial charge on any atom is 0.261 e. The molecule has 1 unspecified atom stereocenters. The Hall–Kier alpha value is -3.15. The van der Waals surface area contributed by atoms with E-state index in [0.29, 0.717) is 40.0 Å². The molecule has 2 heterocycles. The van der Waals surface area contributed by atoms with Gasteiger partial charge in [-0.1, -0.05) is 48.9 Å². The van der Waals surface area contributed by atoms with E-state index in [4.69, 9.17) is 21.3 Å². The quantitative estimate of drug-likeness (QED) is 0.328. The predicted molar refractivity (Wildman–Crippen MR) is 143 cm³/mol. The lowest BCUT2D eigenvalue weighted by Gasteiger charge is -2.32. The Kier molecular flexibility index (Phi) is 6.89. The number of para-hydroxylation sites is 1. The average molecular weight is 488 g/mol. The molecule has 1 saturated heterocycles. The summed E-state index contributed by atoms with van der Waals surface area (Å²) in [7, 11) is 1.65. The van der Waals surface area contributed by atoms with Crippen molar-refractivity contribution in [3.05, 3.63) is 82.1 Å². The Balaban J connectivity index is 1.67. The number of aromatic nitrogens is 2. The van der Waals surface area contributed by atoms with Gasteiger partial charge in [0.15, 0.2) is 0 Å². The van der Waals surface area contributed by atoms with Crippen LogP contribution in [0.15, 0.2) is 71.5 Å². The minimum absolute atomic E-state index is 0.0136. The topological polar surface area (TPSA) is 47.4 Å². The molecular formula is C29H30ClN3O2. The van der Waals surface area contributed by atoms with Crippen molar-refractivity contribution < 1.29 is 4.74 Å². The molecule has 180 valence electrons. The van der Waals surface area contributed by atoms with Crippen LogP contribution in [0.1, 0.15) is 19.8 Å². The number of likely N-dealkylation sites (tertiary alicyclic amines) is 1. The summed E-state index contributed by atoms with van der Waals surface area (Å²) in [6.45, 7) is 5.99. The van der Waals surface area contributed by atoms with Crippen molar-refractivity contribution in [1.29, 1.82) is 0 Å². The van der Waals surface area contributed by atoms with E-state index in [1.807, 2.05) is 71.3 Å². The highest BCUT2D eigenvalue weighted by Crippen LogP contribution is 2.31. The van der Waals surface area contributed by atoms with Gasteiger partial charge in [0.05, 0.1) is 23.6 Å². The number of benzene rings is 3. The van der Waals surface area contributed by atoms with E-state index in [-0.39, 0.29) is 5.56 Å².